The molecule has 0 spiro atoms. The molecule has 41 heavy (non-hydrogen) atoms. The van der Waals surface area contributed by atoms with Crippen LogP contribution in [0.3, 0.4) is 0 Å². The van der Waals surface area contributed by atoms with Crippen molar-refractivity contribution in [3.63, 3.8) is 0 Å². The number of hydrogen-bond acceptors (Lipinski definition) is 5. The van der Waals surface area contributed by atoms with E-state index < -0.39 is 18.0 Å². The van der Waals surface area contributed by atoms with Crippen molar-refractivity contribution in [3.05, 3.63) is 84.4 Å². The first-order chi connectivity index (χ1) is 19.7. The molecular formula is C34H40N2O5. The number of ether oxygens (including phenoxy) is 2. The highest BCUT2D eigenvalue weighted by molar-refractivity contribution is 5.91. The number of fused-ring (bicyclic) bond motifs is 1. The molecule has 1 saturated heterocycles. The Kier molecular flexibility index (Phi) is 8.64. The van der Waals surface area contributed by atoms with Crippen LogP contribution in [0.5, 0.6) is 5.75 Å². The number of nitrogens with zero attached hydrogens (tertiary/aromatic N) is 1. The summed E-state index contributed by atoms with van der Waals surface area (Å²) in [4.78, 5) is 26.9. The first-order valence-electron chi connectivity index (χ1n) is 14.4. The monoisotopic (exact) mass is 556 g/mol. The minimum absolute atomic E-state index is 0.0600. The first kappa shape index (κ1) is 28.7. The molecule has 216 valence electrons. The molecule has 2 aliphatic rings. The Morgan fingerprint density at radius 1 is 0.927 bits per heavy atom. The molecular weight excluding hydrogens is 516 g/mol. The van der Waals surface area contributed by atoms with Crippen molar-refractivity contribution >= 4 is 17.7 Å². The van der Waals surface area contributed by atoms with E-state index in [0.29, 0.717) is 17.6 Å². The van der Waals surface area contributed by atoms with Gasteiger partial charge in [0, 0.05) is 25.2 Å². The van der Waals surface area contributed by atoms with E-state index in [9.17, 15) is 14.7 Å². The van der Waals surface area contributed by atoms with Crippen LogP contribution in [0.2, 0.25) is 0 Å². The van der Waals surface area contributed by atoms with Crippen LogP contribution in [-0.2, 0) is 16.1 Å². The van der Waals surface area contributed by atoms with E-state index in [4.69, 9.17) is 9.47 Å². The molecule has 0 radical (unpaired) electrons. The molecule has 1 heterocycles. The summed E-state index contributed by atoms with van der Waals surface area (Å²) in [5.74, 6) is 0.326. The topological polar surface area (TPSA) is 88.1 Å². The summed E-state index contributed by atoms with van der Waals surface area (Å²) in [7, 11) is 0. The van der Waals surface area contributed by atoms with Crippen LogP contribution in [0, 0.1) is 23.2 Å². The molecule has 3 aromatic carbocycles. The van der Waals surface area contributed by atoms with Gasteiger partial charge < -0.3 is 14.6 Å². The summed E-state index contributed by atoms with van der Waals surface area (Å²) >= 11 is 0. The van der Waals surface area contributed by atoms with Crippen molar-refractivity contribution in [3.8, 4) is 16.9 Å². The molecule has 1 saturated carbocycles. The van der Waals surface area contributed by atoms with Crippen LogP contribution in [-0.4, -0.2) is 47.9 Å². The Bertz CT molecular complexity index is 1320. The average Bonchev–Trinajstić information content (AvgIpc) is 3.47. The van der Waals surface area contributed by atoms with Gasteiger partial charge in [0.15, 0.2) is 0 Å². The number of benzene rings is 3. The van der Waals surface area contributed by atoms with Gasteiger partial charge in [-0.2, -0.15) is 0 Å². The van der Waals surface area contributed by atoms with E-state index in [1.165, 1.54) is 5.56 Å². The predicted octanol–water partition coefficient (Wildman–Crippen LogP) is 6.94. The maximum atomic E-state index is 12.8. The Labute approximate surface area is 242 Å². The van der Waals surface area contributed by atoms with Crippen LogP contribution >= 0.6 is 0 Å². The molecule has 4 atom stereocenters. The minimum atomic E-state index is -0.838. The predicted molar refractivity (Wildman–Crippen MR) is 160 cm³/mol. The number of amides is 1. The van der Waals surface area contributed by atoms with Crippen molar-refractivity contribution in [1.29, 1.82) is 0 Å². The van der Waals surface area contributed by atoms with Gasteiger partial charge in [0.2, 0.25) is 0 Å². The van der Waals surface area contributed by atoms with Gasteiger partial charge in [0.1, 0.15) is 18.5 Å². The number of carboxylic acids is 1. The maximum Gasteiger partial charge on any atom is 0.411 e. The fourth-order valence-electron chi connectivity index (χ4n) is 6.14. The lowest BCUT2D eigenvalue weighted by Gasteiger charge is -2.26. The van der Waals surface area contributed by atoms with Gasteiger partial charge in [-0.3, -0.25) is 15.0 Å². The molecule has 3 aromatic rings. The van der Waals surface area contributed by atoms with Crippen molar-refractivity contribution in [2.24, 2.45) is 23.2 Å². The zero-order valence-electron chi connectivity index (χ0n) is 24.1. The van der Waals surface area contributed by atoms with Crippen LogP contribution in [0.4, 0.5) is 10.5 Å². The SMILES string of the molecule is CC(C)(C)C(COc1ccc(CN2C[C@H]3CC(OC(=O)Nc4ccccc4-c4ccccc4)C[C@H]3C2)cc1)C(=O)O. The van der Waals surface area contributed by atoms with Crippen molar-refractivity contribution in [1.82, 2.24) is 4.90 Å². The van der Waals surface area contributed by atoms with Gasteiger partial charge in [-0.25, -0.2) is 4.79 Å². The number of hydrogen-bond donors (Lipinski definition) is 2. The van der Waals surface area contributed by atoms with Gasteiger partial charge in [0.05, 0.1) is 11.6 Å². The van der Waals surface area contributed by atoms with Crippen molar-refractivity contribution < 1.29 is 24.2 Å². The number of carboxylic acid groups (broad SMARTS) is 1. The molecule has 1 amide bonds. The Hall–Kier alpha value is -3.84. The molecule has 2 N–H and O–H groups in total. The van der Waals surface area contributed by atoms with E-state index in [-0.39, 0.29) is 18.1 Å². The van der Waals surface area contributed by atoms with E-state index in [1.807, 2.05) is 87.5 Å². The van der Waals surface area contributed by atoms with Crippen LogP contribution < -0.4 is 10.1 Å². The highest BCUT2D eigenvalue weighted by Crippen LogP contribution is 2.40. The lowest BCUT2D eigenvalue weighted by atomic mass is 9.81. The normalized spacial score (nSPS) is 21.2. The quantitative estimate of drug-likeness (QED) is 0.297. The van der Waals surface area contributed by atoms with Crippen molar-refractivity contribution in [2.45, 2.75) is 46.3 Å². The Morgan fingerprint density at radius 3 is 2.20 bits per heavy atom. The number of carbonyl (C=O) groups excluding carboxylic acids is 1. The zero-order chi connectivity index (χ0) is 29.0. The molecule has 1 aliphatic heterocycles. The summed E-state index contributed by atoms with van der Waals surface area (Å²) in [5.41, 5.74) is 3.60. The first-order valence-corrected chi connectivity index (χ1v) is 14.4. The van der Waals surface area contributed by atoms with Gasteiger partial charge >= 0.3 is 12.1 Å². The largest absolute Gasteiger partial charge is 0.493 e. The summed E-state index contributed by atoms with van der Waals surface area (Å²) in [6.45, 7) is 8.74. The smallest absolute Gasteiger partial charge is 0.411 e. The molecule has 0 bridgehead atoms. The average molecular weight is 557 g/mol. The Morgan fingerprint density at radius 2 is 1.56 bits per heavy atom. The zero-order valence-corrected chi connectivity index (χ0v) is 24.1. The molecule has 5 rings (SSSR count). The maximum absolute atomic E-state index is 12.8. The molecule has 7 nitrogen and oxygen atoms in total. The number of likely N-dealkylation sites (tertiary alicyclic amines) is 1. The summed E-state index contributed by atoms with van der Waals surface area (Å²) in [5, 5.41) is 12.5. The second kappa shape index (κ2) is 12.4. The molecule has 1 aliphatic carbocycles. The summed E-state index contributed by atoms with van der Waals surface area (Å²) < 4.78 is 11.7. The molecule has 0 aromatic heterocycles. The van der Waals surface area contributed by atoms with Gasteiger partial charge in [0.25, 0.3) is 0 Å². The van der Waals surface area contributed by atoms with Gasteiger partial charge in [-0.15, -0.1) is 0 Å². The third-order valence-corrected chi connectivity index (χ3v) is 8.40. The lowest BCUT2D eigenvalue weighted by molar-refractivity contribution is -0.146. The van der Waals surface area contributed by atoms with Crippen LogP contribution in [0.25, 0.3) is 11.1 Å². The number of carbonyl (C=O) groups is 2. The van der Waals surface area contributed by atoms with Crippen LogP contribution in [0.1, 0.15) is 39.2 Å². The fraction of sp³-hybridized carbons (Fsp3) is 0.412. The van der Waals surface area contributed by atoms with E-state index in [0.717, 1.165) is 49.3 Å². The summed E-state index contributed by atoms with van der Waals surface area (Å²) in [6.07, 6.45) is 1.32. The Balaban J connectivity index is 1.07. The second-order valence-electron chi connectivity index (χ2n) is 12.5. The molecule has 2 unspecified atom stereocenters. The fourth-order valence-corrected chi connectivity index (χ4v) is 6.14. The van der Waals surface area contributed by atoms with Gasteiger partial charge in [-0.1, -0.05) is 81.4 Å². The van der Waals surface area contributed by atoms with E-state index in [1.54, 1.807) is 0 Å². The second-order valence-corrected chi connectivity index (χ2v) is 12.5. The number of aliphatic carboxylic acids is 1. The third-order valence-electron chi connectivity index (χ3n) is 8.40. The number of nitrogens with one attached hydrogen (secondary N) is 1. The van der Waals surface area contributed by atoms with E-state index >= 15 is 0 Å². The standard InChI is InChI=1S/C34H40N2O5/c1-34(2,3)30(32(37)38)22-40-27-15-13-23(14-16-27)19-36-20-25-17-28(18-26(25)21-36)41-33(39)35-31-12-8-7-11-29(31)24-9-5-4-6-10-24/h4-16,25-26,28,30H,17-22H2,1-3H3,(H,35,39)(H,37,38)/t25-,26+,28?,30?. The highest BCUT2D eigenvalue weighted by atomic mass is 16.6. The molecule has 7 heteroatoms. The number of anilines is 1. The number of rotatable bonds is 9. The summed E-state index contributed by atoms with van der Waals surface area (Å²) in [6, 6.07) is 25.8. The van der Waals surface area contributed by atoms with Crippen LogP contribution in [0.15, 0.2) is 78.9 Å². The molecule has 2 fully saturated rings. The minimum Gasteiger partial charge on any atom is -0.493 e. The highest BCUT2D eigenvalue weighted by Gasteiger charge is 2.42. The lowest BCUT2D eigenvalue weighted by Crippen LogP contribution is -2.33. The van der Waals surface area contributed by atoms with E-state index in [2.05, 4.69) is 22.3 Å². The van der Waals surface area contributed by atoms with Crippen molar-refractivity contribution in [2.75, 3.05) is 25.0 Å². The van der Waals surface area contributed by atoms with Gasteiger partial charge in [-0.05, 0) is 59.4 Å². The number of para-hydroxylation sites is 1. The third kappa shape index (κ3) is 7.27.